The fraction of sp³-hybridized carbons (Fsp3) is 0.562. The SMILES string of the molecule is CCN(C(=O)c1ccccc1Cl)C1CCCCC1CN. The Bertz CT molecular complexity index is 464. The van der Waals surface area contributed by atoms with Crippen molar-refractivity contribution in [1.82, 2.24) is 4.90 Å². The van der Waals surface area contributed by atoms with Crippen LogP contribution in [0.15, 0.2) is 24.3 Å². The zero-order valence-electron chi connectivity index (χ0n) is 12.0. The molecular weight excluding hydrogens is 272 g/mol. The predicted molar refractivity (Wildman–Crippen MR) is 83.0 cm³/mol. The fourth-order valence-electron chi connectivity index (χ4n) is 3.19. The summed E-state index contributed by atoms with van der Waals surface area (Å²) in [5, 5.41) is 0.524. The van der Waals surface area contributed by atoms with Crippen molar-refractivity contribution >= 4 is 17.5 Å². The van der Waals surface area contributed by atoms with Crippen molar-refractivity contribution in [2.24, 2.45) is 11.7 Å². The van der Waals surface area contributed by atoms with E-state index in [-0.39, 0.29) is 11.9 Å². The minimum absolute atomic E-state index is 0.0310. The van der Waals surface area contributed by atoms with Crippen LogP contribution in [-0.2, 0) is 0 Å². The van der Waals surface area contributed by atoms with Crippen molar-refractivity contribution in [2.45, 2.75) is 38.6 Å². The third kappa shape index (κ3) is 3.15. The second-order valence-corrected chi connectivity index (χ2v) is 5.83. The van der Waals surface area contributed by atoms with Gasteiger partial charge in [0.15, 0.2) is 0 Å². The number of carbonyl (C=O) groups excluding carboxylic acids is 1. The molecule has 1 saturated carbocycles. The molecule has 2 rings (SSSR count). The van der Waals surface area contributed by atoms with Crippen molar-refractivity contribution in [3.05, 3.63) is 34.9 Å². The summed E-state index contributed by atoms with van der Waals surface area (Å²) >= 11 is 6.16. The number of nitrogens with zero attached hydrogens (tertiary/aromatic N) is 1. The van der Waals surface area contributed by atoms with E-state index in [9.17, 15) is 4.79 Å². The smallest absolute Gasteiger partial charge is 0.255 e. The minimum Gasteiger partial charge on any atom is -0.336 e. The summed E-state index contributed by atoms with van der Waals surface area (Å²) in [6, 6.07) is 7.52. The number of benzene rings is 1. The molecule has 1 aliphatic carbocycles. The monoisotopic (exact) mass is 294 g/mol. The summed E-state index contributed by atoms with van der Waals surface area (Å²) in [5.41, 5.74) is 6.49. The molecule has 110 valence electrons. The van der Waals surface area contributed by atoms with E-state index < -0.39 is 0 Å². The lowest BCUT2D eigenvalue weighted by atomic mass is 9.83. The van der Waals surface area contributed by atoms with Crippen LogP contribution >= 0.6 is 11.6 Å². The third-order valence-electron chi connectivity index (χ3n) is 4.28. The molecule has 1 aromatic rings. The van der Waals surface area contributed by atoms with Gasteiger partial charge in [-0.2, -0.15) is 0 Å². The first-order valence-electron chi connectivity index (χ1n) is 7.44. The Morgan fingerprint density at radius 1 is 1.35 bits per heavy atom. The lowest BCUT2D eigenvalue weighted by molar-refractivity contribution is 0.0560. The van der Waals surface area contributed by atoms with Gasteiger partial charge in [0, 0.05) is 12.6 Å². The van der Waals surface area contributed by atoms with Crippen LogP contribution in [0.3, 0.4) is 0 Å². The largest absolute Gasteiger partial charge is 0.336 e. The Labute approximate surface area is 126 Å². The van der Waals surface area contributed by atoms with E-state index in [0.29, 0.717) is 29.6 Å². The highest BCUT2D eigenvalue weighted by Gasteiger charge is 2.32. The average molecular weight is 295 g/mol. The summed E-state index contributed by atoms with van der Waals surface area (Å²) < 4.78 is 0. The molecule has 20 heavy (non-hydrogen) atoms. The van der Waals surface area contributed by atoms with Crippen molar-refractivity contribution in [1.29, 1.82) is 0 Å². The van der Waals surface area contributed by atoms with Gasteiger partial charge in [0.1, 0.15) is 0 Å². The topological polar surface area (TPSA) is 46.3 Å². The quantitative estimate of drug-likeness (QED) is 0.926. The maximum Gasteiger partial charge on any atom is 0.255 e. The standard InChI is InChI=1S/C16H23ClN2O/c1-2-19(15-10-6-3-7-12(15)11-18)16(20)13-8-4-5-9-14(13)17/h4-5,8-9,12,15H,2-3,6-7,10-11,18H2,1H3. The van der Waals surface area contributed by atoms with Crippen LogP contribution in [0.2, 0.25) is 5.02 Å². The first kappa shape index (κ1) is 15.3. The Morgan fingerprint density at radius 3 is 2.70 bits per heavy atom. The van der Waals surface area contributed by atoms with Gasteiger partial charge in [0.2, 0.25) is 0 Å². The molecule has 1 amide bonds. The fourth-order valence-corrected chi connectivity index (χ4v) is 3.41. The van der Waals surface area contributed by atoms with Gasteiger partial charge in [-0.05, 0) is 44.4 Å². The lowest BCUT2D eigenvalue weighted by Crippen LogP contribution is -2.48. The molecule has 0 aromatic heterocycles. The van der Waals surface area contributed by atoms with Crippen molar-refractivity contribution in [3.8, 4) is 0 Å². The van der Waals surface area contributed by atoms with E-state index in [1.165, 1.54) is 12.8 Å². The molecule has 2 atom stereocenters. The Hall–Kier alpha value is -1.06. The maximum atomic E-state index is 12.8. The molecule has 0 spiro atoms. The van der Waals surface area contributed by atoms with Crippen molar-refractivity contribution in [3.63, 3.8) is 0 Å². The number of carbonyl (C=O) groups is 1. The second kappa shape index (κ2) is 7.09. The molecule has 2 unspecified atom stereocenters. The van der Waals surface area contributed by atoms with Gasteiger partial charge in [-0.1, -0.05) is 36.6 Å². The van der Waals surface area contributed by atoms with E-state index in [0.717, 1.165) is 12.8 Å². The summed E-state index contributed by atoms with van der Waals surface area (Å²) in [6.45, 7) is 3.37. The van der Waals surface area contributed by atoms with Gasteiger partial charge in [-0.3, -0.25) is 4.79 Å². The van der Waals surface area contributed by atoms with Crippen LogP contribution in [0.25, 0.3) is 0 Å². The van der Waals surface area contributed by atoms with Gasteiger partial charge in [-0.15, -0.1) is 0 Å². The maximum absolute atomic E-state index is 12.8. The highest BCUT2D eigenvalue weighted by atomic mass is 35.5. The van der Waals surface area contributed by atoms with Crippen molar-refractivity contribution in [2.75, 3.05) is 13.1 Å². The Balaban J connectivity index is 2.23. The van der Waals surface area contributed by atoms with Gasteiger partial charge in [-0.25, -0.2) is 0 Å². The molecule has 2 N–H and O–H groups in total. The molecule has 0 bridgehead atoms. The molecule has 4 heteroatoms. The van der Waals surface area contributed by atoms with E-state index in [2.05, 4.69) is 0 Å². The molecule has 0 aliphatic heterocycles. The third-order valence-corrected chi connectivity index (χ3v) is 4.61. The van der Waals surface area contributed by atoms with E-state index in [1.54, 1.807) is 12.1 Å². The van der Waals surface area contributed by atoms with Crippen LogP contribution < -0.4 is 5.73 Å². The van der Waals surface area contributed by atoms with Crippen molar-refractivity contribution < 1.29 is 4.79 Å². The zero-order chi connectivity index (χ0) is 14.5. The highest BCUT2D eigenvalue weighted by molar-refractivity contribution is 6.33. The minimum atomic E-state index is 0.0310. The normalized spacial score (nSPS) is 22.6. The second-order valence-electron chi connectivity index (χ2n) is 5.42. The molecule has 1 aromatic carbocycles. The average Bonchev–Trinajstić information content (AvgIpc) is 2.49. The molecular formula is C16H23ClN2O. The number of amides is 1. The number of hydrogen-bond donors (Lipinski definition) is 1. The van der Waals surface area contributed by atoms with Crippen LogP contribution in [0.4, 0.5) is 0 Å². The molecule has 1 aliphatic rings. The number of halogens is 1. The zero-order valence-corrected chi connectivity index (χ0v) is 12.8. The van der Waals surface area contributed by atoms with Gasteiger partial charge in [0.25, 0.3) is 5.91 Å². The Morgan fingerprint density at radius 2 is 2.05 bits per heavy atom. The van der Waals surface area contributed by atoms with Gasteiger partial charge >= 0.3 is 0 Å². The van der Waals surface area contributed by atoms with Gasteiger partial charge in [0.05, 0.1) is 10.6 Å². The summed E-state index contributed by atoms with van der Waals surface area (Å²) in [4.78, 5) is 14.7. The molecule has 1 fully saturated rings. The van der Waals surface area contributed by atoms with E-state index >= 15 is 0 Å². The molecule has 0 radical (unpaired) electrons. The van der Waals surface area contributed by atoms with Gasteiger partial charge < -0.3 is 10.6 Å². The highest BCUT2D eigenvalue weighted by Crippen LogP contribution is 2.29. The molecule has 3 nitrogen and oxygen atoms in total. The van der Waals surface area contributed by atoms with Crippen LogP contribution in [0.1, 0.15) is 43.0 Å². The summed E-state index contributed by atoms with van der Waals surface area (Å²) in [6.07, 6.45) is 4.56. The van der Waals surface area contributed by atoms with Crippen LogP contribution in [0.5, 0.6) is 0 Å². The summed E-state index contributed by atoms with van der Waals surface area (Å²) in [7, 11) is 0. The van der Waals surface area contributed by atoms with Crippen LogP contribution in [-0.4, -0.2) is 29.9 Å². The first-order valence-corrected chi connectivity index (χ1v) is 7.82. The summed E-state index contributed by atoms with van der Waals surface area (Å²) in [5.74, 6) is 0.443. The first-order chi connectivity index (χ1) is 9.69. The van der Waals surface area contributed by atoms with E-state index in [1.807, 2.05) is 24.0 Å². The lowest BCUT2D eigenvalue weighted by Gasteiger charge is -2.39. The molecule has 0 heterocycles. The predicted octanol–water partition coefficient (Wildman–Crippen LogP) is 3.32. The Kier molecular flexibility index (Phi) is 5.44. The molecule has 0 saturated heterocycles. The van der Waals surface area contributed by atoms with E-state index in [4.69, 9.17) is 17.3 Å². The van der Waals surface area contributed by atoms with Crippen LogP contribution in [0, 0.1) is 5.92 Å². The number of nitrogens with two attached hydrogens (primary N) is 1. The number of rotatable bonds is 4. The number of hydrogen-bond acceptors (Lipinski definition) is 2.